The van der Waals surface area contributed by atoms with Gasteiger partial charge in [0.1, 0.15) is 5.57 Å². The number of ether oxygens (including phenoxy) is 1. The van der Waals surface area contributed by atoms with Gasteiger partial charge in [-0.3, -0.25) is 9.63 Å². The highest BCUT2D eigenvalue weighted by Gasteiger charge is 2.49. The van der Waals surface area contributed by atoms with Crippen molar-refractivity contribution < 1.29 is 24.3 Å². The fourth-order valence-corrected chi connectivity index (χ4v) is 3.77. The Balaban J connectivity index is 2.15. The van der Waals surface area contributed by atoms with Crippen molar-refractivity contribution in [3.63, 3.8) is 0 Å². The van der Waals surface area contributed by atoms with Crippen molar-refractivity contribution in [1.29, 1.82) is 0 Å². The normalized spacial score (nSPS) is 19.6. The van der Waals surface area contributed by atoms with Crippen LogP contribution in [0.1, 0.15) is 38.3 Å². The number of H-pyrrole nitrogens is 1. The van der Waals surface area contributed by atoms with Gasteiger partial charge in [-0.25, -0.2) is 10.3 Å². The van der Waals surface area contributed by atoms with E-state index in [-0.39, 0.29) is 17.6 Å². The number of nitrogens with one attached hydrogen (secondary N) is 2. The Morgan fingerprint density at radius 3 is 2.85 bits per heavy atom. The summed E-state index contributed by atoms with van der Waals surface area (Å²) in [4.78, 5) is 32.7. The number of halogens is 1. The molecule has 0 fully saturated rings. The molecule has 1 unspecified atom stereocenters. The van der Waals surface area contributed by atoms with Gasteiger partial charge in [0, 0.05) is 21.8 Å². The molecule has 0 bridgehead atoms. The molecule has 1 aliphatic heterocycles. The van der Waals surface area contributed by atoms with Gasteiger partial charge in [-0.15, -0.1) is 0 Å². The Labute approximate surface area is 164 Å². The van der Waals surface area contributed by atoms with Crippen LogP contribution in [0.25, 0.3) is 16.5 Å². The van der Waals surface area contributed by atoms with Crippen LogP contribution in [0.5, 0.6) is 0 Å². The second kappa shape index (κ2) is 7.84. The van der Waals surface area contributed by atoms with E-state index in [0.29, 0.717) is 12.1 Å². The van der Waals surface area contributed by atoms with Gasteiger partial charge in [-0.05, 0) is 24.6 Å². The van der Waals surface area contributed by atoms with Crippen molar-refractivity contribution in [2.75, 3.05) is 7.11 Å². The van der Waals surface area contributed by atoms with Gasteiger partial charge in [-0.2, -0.15) is 0 Å². The van der Waals surface area contributed by atoms with Crippen LogP contribution < -0.4 is 5.48 Å². The number of cyclic esters (lactones) is 1. The van der Waals surface area contributed by atoms with Gasteiger partial charge < -0.3 is 14.8 Å². The Morgan fingerprint density at radius 1 is 1.41 bits per heavy atom. The van der Waals surface area contributed by atoms with Gasteiger partial charge in [0.2, 0.25) is 5.79 Å². The third kappa shape index (κ3) is 3.65. The number of hydrogen-bond acceptors (Lipinski definition) is 5. The number of aromatic amines is 1. The molecule has 2 aromatic rings. The molecular formula is C19H21BrN2O5. The molecule has 3 N–H and O–H groups in total. The van der Waals surface area contributed by atoms with E-state index in [1.807, 2.05) is 25.1 Å². The van der Waals surface area contributed by atoms with E-state index >= 15 is 0 Å². The zero-order chi connectivity index (χ0) is 19.6. The number of aromatic nitrogens is 1. The predicted octanol–water partition coefficient (Wildman–Crippen LogP) is 3.19. The van der Waals surface area contributed by atoms with Gasteiger partial charge in [0.05, 0.1) is 18.4 Å². The molecule has 7 nitrogen and oxygen atoms in total. The molecule has 3 rings (SSSR count). The first-order valence-corrected chi connectivity index (χ1v) is 9.52. The predicted molar refractivity (Wildman–Crippen MR) is 103 cm³/mol. The summed E-state index contributed by atoms with van der Waals surface area (Å²) in [5, 5.41) is 12.0. The number of benzene rings is 1. The van der Waals surface area contributed by atoms with E-state index in [2.05, 4.69) is 31.2 Å². The number of carbonyl (C=O) groups is 2. The molecule has 27 heavy (non-hydrogen) atoms. The maximum Gasteiger partial charge on any atom is 0.347 e. The van der Waals surface area contributed by atoms with Crippen molar-refractivity contribution in [1.82, 2.24) is 10.5 Å². The quantitative estimate of drug-likeness (QED) is 0.267. The molecular weight excluding hydrogens is 416 g/mol. The van der Waals surface area contributed by atoms with Gasteiger partial charge in [0.25, 0.3) is 5.91 Å². The van der Waals surface area contributed by atoms with Crippen molar-refractivity contribution in [3.8, 4) is 0 Å². The number of hydrogen-bond donors (Lipinski definition) is 3. The Hall–Kier alpha value is -2.16. The van der Waals surface area contributed by atoms with E-state index in [9.17, 15) is 14.7 Å². The van der Waals surface area contributed by atoms with E-state index in [4.69, 9.17) is 4.74 Å². The highest BCUT2D eigenvalue weighted by molar-refractivity contribution is 9.10. The Kier molecular flexibility index (Phi) is 5.69. The van der Waals surface area contributed by atoms with Crippen LogP contribution in [0.4, 0.5) is 0 Å². The van der Waals surface area contributed by atoms with E-state index in [1.165, 1.54) is 7.11 Å². The van der Waals surface area contributed by atoms with E-state index < -0.39 is 17.7 Å². The number of amides is 1. The Morgan fingerprint density at radius 2 is 2.19 bits per heavy atom. The average Bonchev–Trinajstić information content (AvgIpc) is 3.14. The lowest BCUT2D eigenvalue weighted by Crippen LogP contribution is -2.31. The number of fused-ring (bicyclic) bond motifs is 1. The lowest BCUT2D eigenvalue weighted by molar-refractivity contribution is -0.178. The molecule has 0 aliphatic carbocycles. The summed E-state index contributed by atoms with van der Waals surface area (Å²) in [5.41, 5.74) is 3.24. The van der Waals surface area contributed by atoms with Crippen LogP contribution >= 0.6 is 15.9 Å². The summed E-state index contributed by atoms with van der Waals surface area (Å²) < 4.78 is 6.12. The van der Waals surface area contributed by atoms with Crippen LogP contribution in [0.15, 0.2) is 34.3 Å². The second-order valence-electron chi connectivity index (χ2n) is 6.40. The maximum absolute atomic E-state index is 12.4. The second-order valence-corrected chi connectivity index (χ2v) is 7.25. The topological polar surface area (TPSA) is 101 Å². The Bertz CT molecular complexity index is 920. The molecule has 1 aliphatic rings. The standard InChI is InChI=1S/C19H21BrN2O5/c1-3-4-5-9-19(25)16(15(18(24)27-19)17(23)22-26-2)14-10-11-12(20)7-6-8-13(11)21-14/h6-8,10,21,25H,3-5,9H2,1-2H3,(H,22,23). The molecule has 0 spiro atoms. The number of rotatable bonds is 7. The van der Waals surface area contributed by atoms with E-state index in [1.54, 1.807) is 6.07 Å². The molecule has 1 atom stereocenters. The first kappa shape index (κ1) is 19.6. The van der Waals surface area contributed by atoms with Crippen LogP contribution in [-0.4, -0.2) is 34.9 Å². The summed E-state index contributed by atoms with van der Waals surface area (Å²) >= 11 is 3.48. The molecule has 8 heteroatoms. The van der Waals surface area contributed by atoms with Crippen molar-refractivity contribution in [2.45, 2.75) is 38.4 Å². The van der Waals surface area contributed by atoms with Crippen LogP contribution in [0.2, 0.25) is 0 Å². The summed E-state index contributed by atoms with van der Waals surface area (Å²) in [5.74, 6) is -3.52. The first-order valence-electron chi connectivity index (χ1n) is 8.72. The fourth-order valence-electron chi connectivity index (χ4n) is 3.29. The fraction of sp³-hybridized carbons (Fsp3) is 0.368. The first-order chi connectivity index (χ1) is 12.9. The number of aliphatic hydroxyl groups is 1. The molecule has 1 aromatic heterocycles. The molecule has 2 heterocycles. The van der Waals surface area contributed by atoms with E-state index in [0.717, 1.165) is 28.2 Å². The third-order valence-electron chi connectivity index (χ3n) is 4.53. The number of carbonyl (C=O) groups excluding carboxylic acids is 2. The zero-order valence-corrected chi connectivity index (χ0v) is 16.7. The largest absolute Gasteiger partial charge is 0.425 e. The molecule has 0 saturated carbocycles. The smallest absolute Gasteiger partial charge is 0.347 e. The molecule has 1 amide bonds. The minimum Gasteiger partial charge on any atom is -0.425 e. The van der Waals surface area contributed by atoms with Gasteiger partial charge >= 0.3 is 5.97 Å². The molecule has 144 valence electrons. The zero-order valence-electron chi connectivity index (χ0n) is 15.1. The van der Waals surface area contributed by atoms with Crippen molar-refractivity contribution in [3.05, 3.63) is 40.0 Å². The van der Waals surface area contributed by atoms with Crippen LogP contribution in [-0.2, 0) is 19.2 Å². The minimum absolute atomic E-state index is 0.126. The number of esters is 1. The highest BCUT2D eigenvalue weighted by Crippen LogP contribution is 2.42. The number of hydroxylamine groups is 1. The SMILES string of the molecule is CCCCCC1(O)OC(=O)C(C(=O)NOC)=C1c1cc2c(Br)cccc2[nH]1. The number of unbranched alkanes of at least 4 members (excludes halogenated alkanes) is 2. The average molecular weight is 437 g/mol. The molecule has 1 aromatic carbocycles. The van der Waals surface area contributed by atoms with Gasteiger partial charge in [0.15, 0.2) is 0 Å². The summed E-state index contributed by atoms with van der Waals surface area (Å²) in [6.45, 7) is 2.04. The lowest BCUT2D eigenvalue weighted by Gasteiger charge is -2.24. The van der Waals surface area contributed by atoms with Gasteiger partial charge in [-0.1, -0.05) is 41.8 Å². The highest BCUT2D eigenvalue weighted by atomic mass is 79.9. The minimum atomic E-state index is -1.87. The molecule has 0 saturated heterocycles. The summed E-state index contributed by atoms with van der Waals surface area (Å²) in [6, 6.07) is 7.40. The van der Waals surface area contributed by atoms with Crippen molar-refractivity contribution >= 4 is 44.3 Å². The van der Waals surface area contributed by atoms with Crippen LogP contribution in [0.3, 0.4) is 0 Å². The lowest BCUT2D eigenvalue weighted by atomic mass is 9.94. The molecule has 0 radical (unpaired) electrons. The maximum atomic E-state index is 12.4. The summed E-state index contributed by atoms with van der Waals surface area (Å²) in [7, 11) is 1.27. The summed E-state index contributed by atoms with van der Waals surface area (Å²) in [6.07, 6.45) is 2.65. The third-order valence-corrected chi connectivity index (χ3v) is 5.22. The van der Waals surface area contributed by atoms with Crippen molar-refractivity contribution in [2.24, 2.45) is 0 Å². The monoisotopic (exact) mass is 436 g/mol. The van der Waals surface area contributed by atoms with Crippen LogP contribution in [0, 0.1) is 0 Å².